The van der Waals surface area contributed by atoms with Crippen LogP contribution in [0.4, 0.5) is 13.2 Å². The molecule has 0 fully saturated rings. The summed E-state index contributed by atoms with van der Waals surface area (Å²) in [6.07, 6.45) is -4.51. The minimum atomic E-state index is -4.51. The molecule has 0 aliphatic carbocycles. The Bertz CT molecular complexity index is 1230. The van der Waals surface area contributed by atoms with E-state index < -0.39 is 23.6 Å². The quantitative estimate of drug-likeness (QED) is 0.551. The molecule has 7 nitrogen and oxygen atoms in total. The molecular formula is C25H23F3N2O5. The lowest BCUT2D eigenvalue weighted by atomic mass is 9.82. The van der Waals surface area contributed by atoms with E-state index in [2.05, 4.69) is 0 Å². The largest absolute Gasteiger partial charge is 0.496 e. The standard InChI is InChI=1S/C25H23F3N2O5/c1-4-33-24(31)21-14(2)35-23(30)19(12-29)22(21)15-8-9-20(32-3)16(10-15)13-34-18-7-5-6-17(11-18)25(26,27)28/h5-11,22H,4,13,30H2,1-3H3/t22-/m0/s1. The summed E-state index contributed by atoms with van der Waals surface area (Å²) in [5.74, 6) is -1.06. The summed E-state index contributed by atoms with van der Waals surface area (Å²) >= 11 is 0. The van der Waals surface area contributed by atoms with Crippen LogP contribution >= 0.6 is 0 Å². The highest BCUT2D eigenvalue weighted by Gasteiger charge is 2.36. The number of nitrogens with two attached hydrogens (primary N) is 1. The first kappa shape index (κ1) is 25.5. The first-order valence-electron chi connectivity index (χ1n) is 10.5. The lowest BCUT2D eigenvalue weighted by Gasteiger charge is -2.27. The summed E-state index contributed by atoms with van der Waals surface area (Å²) in [6, 6.07) is 11.4. The molecule has 2 N–H and O–H groups in total. The predicted molar refractivity (Wildman–Crippen MR) is 119 cm³/mol. The van der Waals surface area contributed by atoms with Crippen molar-refractivity contribution in [1.82, 2.24) is 0 Å². The maximum atomic E-state index is 13.0. The van der Waals surface area contributed by atoms with E-state index in [-0.39, 0.29) is 41.8 Å². The average Bonchev–Trinajstić information content (AvgIpc) is 2.81. The monoisotopic (exact) mass is 488 g/mol. The summed E-state index contributed by atoms with van der Waals surface area (Å²) in [7, 11) is 1.43. The normalized spacial score (nSPS) is 15.9. The molecule has 35 heavy (non-hydrogen) atoms. The van der Waals surface area contributed by atoms with Crippen molar-refractivity contribution < 1.29 is 36.9 Å². The number of carbonyl (C=O) groups is 1. The number of benzene rings is 2. The number of carbonyl (C=O) groups excluding carboxylic acids is 1. The van der Waals surface area contributed by atoms with Gasteiger partial charge < -0.3 is 24.7 Å². The first-order chi connectivity index (χ1) is 16.6. The lowest BCUT2D eigenvalue weighted by molar-refractivity contribution is -0.139. The number of ether oxygens (including phenoxy) is 4. The highest BCUT2D eigenvalue weighted by Crippen LogP contribution is 2.41. The number of hydrogen-bond acceptors (Lipinski definition) is 7. The molecule has 0 bridgehead atoms. The van der Waals surface area contributed by atoms with E-state index in [4.69, 9.17) is 24.7 Å². The van der Waals surface area contributed by atoms with E-state index >= 15 is 0 Å². The molecule has 1 heterocycles. The number of halogens is 3. The number of alkyl halides is 3. The number of allylic oxidation sites excluding steroid dienone is 2. The third-order valence-corrected chi connectivity index (χ3v) is 5.29. The number of esters is 1. The van der Waals surface area contributed by atoms with Gasteiger partial charge in [0.25, 0.3) is 0 Å². The van der Waals surface area contributed by atoms with Crippen molar-refractivity contribution in [3.63, 3.8) is 0 Å². The molecule has 184 valence electrons. The molecular weight excluding hydrogens is 465 g/mol. The summed E-state index contributed by atoms with van der Waals surface area (Å²) in [6.45, 7) is 3.17. The predicted octanol–water partition coefficient (Wildman–Crippen LogP) is 4.94. The van der Waals surface area contributed by atoms with Gasteiger partial charge in [-0.25, -0.2) is 4.79 Å². The molecule has 1 aliphatic heterocycles. The van der Waals surface area contributed by atoms with Crippen LogP contribution in [0.25, 0.3) is 0 Å². The highest BCUT2D eigenvalue weighted by molar-refractivity contribution is 5.92. The lowest BCUT2D eigenvalue weighted by Crippen LogP contribution is -2.25. The maximum Gasteiger partial charge on any atom is 0.416 e. The molecule has 2 aromatic carbocycles. The van der Waals surface area contributed by atoms with Crippen LogP contribution in [0.5, 0.6) is 11.5 Å². The average molecular weight is 488 g/mol. The fourth-order valence-corrected chi connectivity index (χ4v) is 3.70. The summed E-state index contributed by atoms with van der Waals surface area (Å²) in [4.78, 5) is 12.7. The van der Waals surface area contributed by atoms with E-state index in [0.717, 1.165) is 12.1 Å². The van der Waals surface area contributed by atoms with Crippen molar-refractivity contribution in [3.8, 4) is 17.6 Å². The van der Waals surface area contributed by atoms with Gasteiger partial charge in [-0.15, -0.1) is 0 Å². The van der Waals surface area contributed by atoms with E-state index in [0.29, 0.717) is 16.9 Å². The molecule has 1 atom stereocenters. The molecule has 2 aromatic rings. The van der Waals surface area contributed by atoms with E-state index in [9.17, 15) is 23.2 Å². The number of hydrogen-bond donors (Lipinski definition) is 1. The smallest absolute Gasteiger partial charge is 0.416 e. The van der Waals surface area contributed by atoms with Crippen LogP contribution in [0.2, 0.25) is 0 Å². The number of nitrogens with zero attached hydrogens (tertiary/aromatic N) is 1. The molecule has 0 aromatic heterocycles. The van der Waals surface area contributed by atoms with Gasteiger partial charge in [-0.2, -0.15) is 18.4 Å². The van der Waals surface area contributed by atoms with Crippen molar-refractivity contribution in [2.75, 3.05) is 13.7 Å². The van der Waals surface area contributed by atoms with E-state index in [1.165, 1.54) is 19.2 Å². The number of rotatable bonds is 7. The first-order valence-corrected chi connectivity index (χ1v) is 10.5. The maximum absolute atomic E-state index is 13.0. The van der Waals surface area contributed by atoms with Gasteiger partial charge in [-0.05, 0) is 49.7 Å². The van der Waals surface area contributed by atoms with Crippen LogP contribution in [0.3, 0.4) is 0 Å². The zero-order chi connectivity index (χ0) is 25.8. The fourth-order valence-electron chi connectivity index (χ4n) is 3.70. The second-order valence-corrected chi connectivity index (χ2v) is 7.50. The van der Waals surface area contributed by atoms with Gasteiger partial charge in [-0.3, -0.25) is 0 Å². The number of methoxy groups -OCH3 is 1. The van der Waals surface area contributed by atoms with Crippen LogP contribution in [-0.2, 0) is 27.1 Å². The Morgan fingerprint density at radius 2 is 1.97 bits per heavy atom. The van der Waals surface area contributed by atoms with Gasteiger partial charge >= 0.3 is 12.1 Å². The number of nitriles is 1. The fraction of sp³-hybridized carbons (Fsp3) is 0.280. The molecule has 0 amide bonds. The van der Waals surface area contributed by atoms with Crippen molar-refractivity contribution in [2.45, 2.75) is 32.5 Å². The van der Waals surface area contributed by atoms with Crippen molar-refractivity contribution in [1.29, 1.82) is 5.26 Å². The molecule has 3 rings (SSSR count). The second kappa shape index (κ2) is 10.4. The molecule has 1 aliphatic rings. The van der Waals surface area contributed by atoms with Crippen LogP contribution < -0.4 is 15.2 Å². The van der Waals surface area contributed by atoms with Gasteiger partial charge in [0, 0.05) is 5.56 Å². The zero-order valence-corrected chi connectivity index (χ0v) is 19.2. The zero-order valence-electron chi connectivity index (χ0n) is 19.2. The van der Waals surface area contributed by atoms with Crippen molar-refractivity contribution in [2.24, 2.45) is 5.73 Å². The summed E-state index contributed by atoms with van der Waals surface area (Å²) in [5.41, 5.74) is 6.21. The molecule has 0 spiro atoms. The Balaban J connectivity index is 2.01. The third-order valence-electron chi connectivity index (χ3n) is 5.29. The molecule has 0 saturated heterocycles. The van der Waals surface area contributed by atoms with Crippen LogP contribution in [0, 0.1) is 11.3 Å². The van der Waals surface area contributed by atoms with Crippen molar-refractivity contribution in [3.05, 3.63) is 81.9 Å². The SMILES string of the molecule is CCOC(=O)C1=C(C)OC(N)=C(C#N)[C@@H]1c1ccc(OC)c(COc2cccc(C(F)(F)F)c2)c1. The van der Waals surface area contributed by atoms with Crippen LogP contribution in [0.15, 0.2) is 65.3 Å². The topological polar surface area (TPSA) is 104 Å². The van der Waals surface area contributed by atoms with Gasteiger partial charge in [0.05, 0.1) is 30.8 Å². The molecule has 0 radical (unpaired) electrons. The Labute approximate surface area is 200 Å². The molecule has 10 heteroatoms. The molecule has 0 unspecified atom stereocenters. The van der Waals surface area contributed by atoms with Gasteiger partial charge in [-0.1, -0.05) is 12.1 Å². The van der Waals surface area contributed by atoms with Gasteiger partial charge in [0.2, 0.25) is 5.88 Å². The highest BCUT2D eigenvalue weighted by atomic mass is 19.4. The van der Waals surface area contributed by atoms with Gasteiger partial charge in [0.15, 0.2) is 0 Å². The van der Waals surface area contributed by atoms with Crippen LogP contribution in [-0.4, -0.2) is 19.7 Å². The van der Waals surface area contributed by atoms with Crippen LogP contribution in [0.1, 0.15) is 36.5 Å². The van der Waals surface area contributed by atoms with E-state index in [1.807, 2.05) is 6.07 Å². The minimum Gasteiger partial charge on any atom is -0.496 e. The Kier molecular flexibility index (Phi) is 7.59. The Hall–Kier alpha value is -4.13. The third kappa shape index (κ3) is 5.51. The van der Waals surface area contributed by atoms with Gasteiger partial charge in [0.1, 0.15) is 35.5 Å². The van der Waals surface area contributed by atoms with Crippen molar-refractivity contribution >= 4 is 5.97 Å². The Morgan fingerprint density at radius 1 is 1.23 bits per heavy atom. The summed E-state index contributed by atoms with van der Waals surface area (Å²) < 4.78 is 60.6. The Morgan fingerprint density at radius 3 is 2.60 bits per heavy atom. The van der Waals surface area contributed by atoms with E-state index in [1.54, 1.807) is 32.0 Å². The minimum absolute atomic E-state index is 0.0168. The summed E-state index contributed by atoms with van der Waals surface area (Å²) in [5, 5.41) is 9.74. The second-order valence-electron chi connectivity index (χ2n) is 7.50. The molecule has 0 saturated carbocycles.